The normalized spacial score (nSPS) is 14.5. The molecule has 1 N–H and O–H groups in total. The number of benzene rings is 3. The molecule has 1 fully saturated rings. The predicted molar refractivity (Wildman–Crippen MR) is 139 cm³/mol. The molecule has 0 unspecified atom stereocenters. The number of hydrogen-bond acceptors (Lipinski definition) is 5. The van der Waals surface area contributed by atoms with Gasteiger partial charge in [-0.25, -0.2) is 0 Å². The number of imide groups is 1. The molecule has 0 aromatic heterocycles. The molecule has 0 spiro atoms. The van der Waals surface area contributed by atoms with Gasteiger partial charge in [0.05, 0.1) is 11.4 Å². The van der Waals surface area contributed by atoms with Gasteiger partial charge in [0, 0.05) is 5.69 Å². The third-order valence-electron chi connectivity index (χ3n) is 5.55. The van der Waals surface area contributed by atoms with E-state index >= 15 is 0 Å². The monoisotopic (exact) mass is 486 g/mol. The first-order valence-corrected chi connectivity index (χ1v) is 12.0. The summed E-state index contributed by atoms with van der Waals surface area (Å²) in [6, 6.07) is 20.7. The number of carbonyl (C=O) groups is 3. The number of hydrogen-bond donors (Lipinski definition) is 1. The zero-order valence-electron chi connectivity index (χ0n) is 19.8. The van der Waals surface area contributed by atoms with Crippen molar-refractivity contribution in [1.29, 1.82) is 0 Å². The number of nitrogens with zero attached hydrogens (tertiary/aromatic N) is 1. The molecule has 3 aromatic rings. The molecule has 0 radical (unpaired) electrons. The van der Waals surface area contributed by atoms with Gasteiger partial charge in [0.1, 0.15) is 5.75 Å². The van der Waals surface area contributed by atoms with E-state index in [4.69, 9.17) is 4.74 Å². The van der Waals surface area contributed by atoms with Crippen molar-refractivity contribution in [3.8, 4) is 5.75 Å². The summed E-state index contributed by atoms with van der Waals surface area (Å²) in [7, 11) is 0. The Bertz CT molecular complexity index is 1300. The molecular weight excluding hydrogens is 460 g/mol. The lowest BCUT2D eigenvalue weighted by Gasteiger charge is -2.12. The molecule has 4 rings (SSSR count). The van der Waals surface area contributed by atoms with Gasteiger partial charge in [-0.3, -0.25) is 19.3 Å². The smallest absolute Gasteiger partial charge is 0.293 e. The highest BCUT2D eigenvalue weighted by molar-refractivity contribution is 8.18. The molecule has 0 atom stereocenters. The fourth-order valence-electron chi connectivity index (χ4n) is 3.53. The van der Waals surface area contributed by atoms with Gasteiger partial charge in [0.25, 0.3) is 17.1 Å². The summed E-state index contributed by atoms with van der Waals surface area (Å²) >= 11 is 0.935. The average molecular weight is 487 g/mol. The Hall–Kier alpha value is -3.84. The lowest BCUT2D eigenvalue weighted by atomic mass is 10.1. The lowest BCUT2D eigenvalue weighted by molar-refractivity contribution is -0.123. The van der Waals surface area contributed by atoms with Crippen LogP contribution in [0.15, 0.2) is 71.6 Å². The standard InChI is InChI=1S/C28H26N2O4S/c1-18-5-8-22(9-6-18)16-30-27(32)25(35-28(30)33)15-21-10-12-23(13-11-21)34-17-26(31)29-24-14-19(2)4-7-20(24)3/h4-15H,16-17H2,1-3H3,(H,29,31)/b25-15-. The first-order chi connectivity index (χ1) is 16.8. The van der Waals surface area contributed by atoms with E-state index in [1.807, 2.05) is 63.2 Å². The molecule has 1 saturated heterocycles. The van der Waals surface area contributed by atoms with Crippen molar-refractivity contribution in [2.75, 3.05) is 11.9 Å². The van der Waals surface area contributed by atoms with Crippen molar-refractivity contribution < 1.29 is 19.1 Å². The van der Waals surface area contributed by atoms with Crippen LogP contribution >= 0.6 is 11.8 Å². The Morgan fingerprint density at radius 1 is 0.943 bits per heavy atom. The second-order valence-corrected chi connectivity index (χ2v) is 9.47. The average Bonchev–Trinajstić information content (AvgIpc) is 3.09. The Labute approximate surface area is 209 Å². The first kappa shape index (κ1) is 24.3. The van der Waals surface area contributed by atoms with Crippen LogP contribution in [0.2, 0.25) is 0 Å². The number of anilines is 1. The minimum Gasteiger partial charge on any atom is -0.484 e. The van der Waals surface area contributed by atoms with E-state index in [-0.39, 0.29) is 30.2 Å². The van der Waals surface area contributed by atoms with Crippen LogP contribution in [0.1, 0.15) is 27.8 Å². The molecule has 0 aliphatic carbocycles. The molecule has 1 aliphatic rings. The summed E-state index contributed by atoms with van der Waals surface area (Å²) < 4.78 is 5.60. The molecule has 0 saturated carbocycles. The molecule has 3 aromatic carbocycles. The molecular formula is C28H26N2O4S. The topological polar surface area (TPSA) is 75.7 Å². The van der Waals surface area contributed by atoms with Gasteiger partial charge in [-0.05, 0) is 79.1 Å². The van der Waals surface area contributed by atoms with Crippen LogP contribution in [-0.2, 0) is 16.1 Å². The Morgan fingerprint density at radius 3 is 2.34 bits per heavy atom. The maximum atomic E-state index is 12.8. The van der Waals surface area contributed by atoms with Gasteiger partial charge in [0.2, 0.25) is 0 Å². The summed E-state index contributed by atoms with van der Waals surface area (Å²) in [5.41, 5.74) is 5.61. The number of aryl methyl sites for hydroxylation is 3. The highest BCUT2D eigenvalue weighted by Gasteiger charge is 2.34. The number of rotatable bonds is 7. The van der Waals surface area contributed by atoms with Gasteiger partial charge in [0.15, 0.2) is 6.61 Å². The van der Waals surface area contributed by atoms with E-state index in [0.29, 0.717) is 10.7 Å². The van der Waals surface area contributed by atoms with Crippen molar-refractivity contribution in [3.05, 3.63) is 99.5 Å². The maximum absolute atomic E-state index is 12.8. The minimum atomic E-state index is -0.302. The fourth-order valence-corrected chi connectivity index (χ4v) is 4.37. The lowest BCUT2D eigenvalue weighted by Crippen LogP contribution is -2.27. The zero-order chi connectivity index (χ0) is 24.9. The second-order valence-electron chi connectivity index (χ2n) is 8.48. The largest absolute Gasteiger partial charge is 0.484 e. The molecule has 6 nitrogen and oxygen atoms in total. The van der Waals surface area contributed by atoms with Crippen molar-refractivity contribution in [2.45, 2.75) is 27.3 Å². The van der Waals surface area contributed by atoms with E-state index in [2.05, 4.69) is 5.32 Å². The number of thioether (sulfide) groups is 1. The summed E-state index contributed by atoms with van der Waals surface area (Å²) in [5, 5.41) is 2.58. The molecule has 35 heavy (non-hydrogen) atoms. The summed E-state index contributed by atoms with van der Waals surface area (Å²) in [6.07, 6.45) is 1.69. The van der Waals surface area contributed by atoms with Crippen molar-refractivity contribution >= 4 is 40.6 Å². The maximum Gasteiger partial charge on any atom is 0.293 e. The van der Waals surface area contributed by atoms with Crippen LogP contribution in [0, 0.1) is 20.8 Å². The van der Waals surface area contributed by atoms with E-state index in [1.165, 1.54) is 4.90 Å². The van der Waals surface area contributed by atoms with Crippen LogP contribution in [0.5, 0.6) is 5.75 Å². The third-order valence-corrected chi connectivity index (χ3v) is 6.46. The summed E-state index contributed by atoms with van der Waals surface area (Å²) in [6.45, 7) is 6.03. The van der Waals surface area contributed by atoms with E-state index in [9.17, 15) is 14.4 Å². The van der Waals surface area contributed by atoms with Crippen LogP contribution in [-0.4, -0.2) is 28.6 Å². The van der Waals surface area contributed by atoms with E-state index < -0.39 is 0 Å². The fraction of sp³-hybridized carbons (Fsp3) is 0.179. The zero-order valence-corrected chi connectivity index (χ0v) is 20.6. The third kappa shape index (κ3) is 6.19. The van der Waals surface area contributed by atoms with E-state index in [1.54, 1.807) is 30.3 Å². The number of amides is 3. The SMILES string of the molecule is Cc1ccc(CN2C(=O)S/C(=C\c3ccc(OCC(=O)Nc4cc(C)ccc4C)cc3)C2=O)cc1. The molecule has 178 valence electrons. The highest BCUT2D eigenvalue weighted by atomic mass is 32.2. The van der Waals surface area contributed by atoms with E-state index in [0.717, 1.165) is 45.3 Å². The van der Waals surface area contributed by atoms with Crippen molar-refractivity contribution in [1.82, 2.24) is 4.90 Å². The molecule has 3 amide bonds. The van der Waals surface area contributed by atoms with Crippen LogP contribution < -0.4 is 10.1 Å². The number of carbonyl (C=O) groups excluding carboxylic acids is 3. The molecule has 1 aliphatic heterocycles. The molecule has 1 heterocycles. The second kappa shape index (κ2) is 10.6. The van der Waals surface area contributed by atoms with Crippen LogP contribution in [0.3, 0.4) is 0 Å². The van der Waals surface area contributed by atoms with Gasteiger partial charge < -0.3 is 10.1 Å². The van der Waals surface area contributed by atoms with Crippen LogP contribution in [0.4, 0.5) is 10.5 Å². The van der Waals surface area contributed by atoms with Crippen molar-refractivity contribution in [2.24, 2.45) is 0 Å². The first-order valence-electron chi connectivity index (χ1n) is 11.2. The van der Waals surface area contributed by atoms with Gasteiger partial charge >= 0.3 is 0 Å². The molecule has 0 bridgehead atoms. The Kier molecular flexibility index (Phi) is 7.36. The van der Waals surface area contributed by atoms with Crippen molar-refractivity contribution in [3.63, 3.8) is 0 Å². The Balaban J connectivity index is 1.34. The van der Waals surface area contributed by atoms with Crippen LogP contribution in [0.25, 0.3) is 6.08 Å². The molecule has 7 heteroatoms. The number of ether oxygens (including phenoxy) is 1. The van der Waals surface area contributed by atoms with Gasteiger partial charge in [-0.15, -0.1) is 0 Å². The Morgan fingerprint density at radius 2 is 1.63 bits per heavy atom. The summed E-state index contributed by atoms with van der Waals surface area (Å²) in [4.78, 5) is 39.1. The predicted octanol–water partition coefficient (Wildman–Crippen LogP) is 5.87. The number of nitrogens with one attached hydrogen (secondary N) is 1. The van der Waals surface area contributed by atoms with Gasteiger partial charge in [-0.2, -0.15) is 0 Å². The minimum absolute atomic E-state index is 0.120. The van der Waals surface area contributed by atoms with Gasteiger partial charge in [-0.1, -0.05) is 54.1 Å². The summed E-state index contributed by atoms with van der Waals surface area (Å²) in [5.74, 6) is -0.0141. The highest BCUT2D eigenvalue weighted by Crippen LogP contribution is 2.33. The quantitative estimate of drug-likeness (QED) is 0.423.